The summed E-state index contributed by atoms with van der Waals surface area (Å²) in [6, 6.07) is 12.1. The zero-order chi connectivity index (χ0) is 19.8. The molecule has 1 nitrogen and oxygen atoms in total. The van der Waals surface area contributed by atoms with Crippen LogP contribution in [0.5, 0.6) is 0 Å². The van der Waals surface area contributed by atoms with E-state index in [1.165, 1.54) is 19.2 Å². The second-order valence-corrected chi connectivity index (χ2v) is 5.97. The van der Waals surface area contributed by atoms with Gasteiger partial charge in [0.1, 0.15) is 0 Å². The number of hydrogen-bond acceptors (Lipinski definition) is 1. The highest BCUT2D eigenvalue weighted by atomic mass is 19.4. The summed E-state index contributed by atoms with van der Waals surface area (Å²) in [6.45, 7) is 1.25. The maximum Gasteiger partial charge on any atom is 0.417 e. The summed E-state index contributed by atoms with van der Waals surface area (Å²) in [4.78, 5) is 4.15. The molecule has 3 rings (SSSR count). The van der Waals surface area contributed by atoms with Crippen LogP contribution < -0.4 is 0 Å². The van der Waals surface area contributed by atoms with Crippen molar-refractivity contribution in [2.24, 2.45) is 0 Å². The quantitative estimate of drug-likeness (QED) is 0.447. The summed E-state index contributed by atoms with van der Waals surface area (Å²) in [7, 11) is 0. The average Bonchev–Trinajstić information content (AvgIpc) is 2.60. The molecule has 0 unspecified atom stereocenters. The highest BCUT2D eigenvalue weighted by Crippen LogP contribution is 2.44. The maximum absolute atomic E-state index is 13.6. The smallest absolute Gasteiger partial charge is 0.256 e. The number of nitrogens with zero attached hydrogens (tertiary/aromatic N) is 1. The van der Waals surface area contributed by atoms with E-state index in [9.17, 15) is 26.3 Å². The second-order valence-electron chi connectivity index (χ2n) is 5.97. The van der Waals surface area contributed by atoms with Crippen molar-refractivity contribution in [3.05, 3.63) is 77.5 Å². The average molecular weight is 381 g/mol. The SMILES string of the molecule is Cc1cc(C(F)(F)F)cc(C(F)(F)F)c1-c1ccccc1-c1ccccn1. The lowest BCUT2D eigenvalue weighted by Gasteiger charge is -2.20. The van der Waals surface area contributed by atoms with Crippen molar-refractivity contribution in [1.82, 2.24) is 4.98 Å². The summed E-state index contributed by atoms with van der Waals surface area (Å²) >= 11 is 0. The van der Waals surface area contributed by atoms with E-state index < -0.39 is 23.5 Å². The Balaban J connectivity index is 2.34. The normalized spacial score (nSPS) is 12.3. The third-order valence-corrected chi connectivity index (χ3v) is 4.11. The van der Waals surface area contributed by atoms with Crippen LogP contribution in [0.4, 0.5) is 26.3 Å². The van der Waals surface area contributed by atoms with Gasteiger partial charge in [-0.3, -0.25) is 4.98 Å². The largest absolute Gasteiger partial charge is 0.417 e. The van der Waals surface area contributed by atoms with Gasteiger partial charge in [-0.1, -0.05) is 30.3 Å². The molecule has 3 aromatic rings. The molecular weight excluding hydrogens is 368 g/mol. The van der Waals surface area contributed by atoms with E-state index in [4.69, 9.17) is 0 Å². The van der Waals surface area contributed by atoms with Crippen LogP contribution in [0.3, 0.4) is 0 Å². The second kappa shape index (κ2) is 6.72. The van der Waals surface area contributed by atoms with Gasteiger partial charge in [-0.2, -0.15) is 26.3 Å². The van der Waals surface area contributed by atoms with Gasteiger partial charge in [0, 0.05) is 11.8 Å². The number of halogens is 6. The molecule has 1 aromatic heterocycles. The van der Waals surface area contributed by atoms with Gasteiger partial charge in [0.2, 0.25) is 0 Å². The fraction of sp³-hybridized carbons (Fsp3) is 0.150. The van der Waals surface area contributed by atoms with E-state index in [1.54, 1.807) is 36.4 Å². The Bertz CT molecular complexity index is 958. The zero-order valence-electron chi connectivity index (χ0n) is 14.0. The molecule has 0 bridgehead atoms. The van der Waals surface area contributed by atoms with Gasteiger partial charge in [0.05, 0.1) is 16.8 Å². The standard InChI is InChI=1S/C20H13F6N/c1-12-10-13(19(21,22)23)11-16(20(24,25)26)18(12)15-7-3-2-6-14(15)17-8-4-5-9-27-17/h2-11H,1H3. The fourth-order valence-electron chi connectivity index (χ4n) is 2.98. The van der Waals surface area contributed by atoms with Crippen LogP contribution in [0.25, 0.3) is 22.4 Å². The molecule has 2 aromatic carbocycles. The van der Waals surface area contributed by atoms with Crippen molar-refractivity contribution >= 4 is 0 Å². The van der Waals surface area contributed by atoms with Gasteiger partial charge >= 0.3 is 12.4 Å². The van der Waals surface area contributed by atoms with Crippen molar-refractivity contribution in [3.63, 3.8) is 0 Å². The molecule has 0 aliphatic carbocycles. The first kappa shape index (κ1) is 18.9. The third kappa shape index (κ3) is 3.82. The van der Waals surface area contributed by atoms with Gasteiger partial charge < -0.3 is 0 Å². The summed E-state index contributed by atoms with van der Waals surface area (Å²) in [5.41, 5.74) is -2.02. The molecule has 0 amide bonds. The van der Waals surface area contributed by atoms with Gasteiger partial charge in [0.15, 0.2) is 0 Å². The van der Waals surface area contributed by atoms with Gasteiger partial charge in [-0.05, 0) is 47.9 Å². The topological polar surface area (TPSA) is 12.9 Å². The van der Waals surface area contributed by atoms with E-state index in [0.717, 1.165) is 6.07 Å². The molecular formula is C20H13F6N. The number of aromatic nitrogens is 1. The molecule has 0 aliphatic heterocycles. The van der Waals surface area contributed by atoms with Crippen molar-refractivity contribution in [2.45, 2.75) is 19.3 Å². The Hall–Kier alpha value is -2.83. The van der Waals surface area contributed by atoms with Crippen LogP contribution in [0.2, 0.25) is 0 Å². The fourth-order valence-corrected chi connectivity index (χ4v) is 2.98. The van der Waals surface area contributed by atoms with Crippen molar-refractivity contribution < 1.29 is 26.3 Å². The van der Waals surface area contributed by atoms with Crippen molar-refractivity contribution in [2.75, 3.05) is 0 Å². The van der Waals surface area contributed by atoms with E-state index in [2.05, 4.69) is 4.98 Å². The highest BCUT2D eigenvalue weighted by molar-refractivity contribution is 5.85. The van der Waals surface area contributed by atoms with Crippen LogP contribution in [0.1, 0.15) is 16.7 Å². The summed E-state index contributed by atoms with van der Waals surface area (Å²) < 4.78 is 80.0. The lowest BCUT2D eigenvalue weighted by atomic mass is 9.88. The van der Waals surface area contributed by atoms with Gasteiger partial charge in [-0.25, -0.2) is 0 Å². The molecule has 0 radical (unpaired) electrons. The van der Waals surface area contributed by atoms with E-state index in [0.29, 0.717) is 11.3 Å². The molecule has 1 heterocycles. The van der Waals surface area contributed by atoms with Gasteiger partial charge in [0.25, 0.3) is 0 Å². The maximum atomic E-state index is 13.6. The number of pyridine rings is 1. The van der Waals surface area contributed by atoms with Gasteiger partial charge in [-0.15, -0.1) is 0 Å². The summed E-state index contributed by atoms with van der Waals surface area (Å²) in [5.74, 6) is 0. The van der Waals surface area contributed by atoms with Crippen molar-refractivity contribution in [3.8, 4) is 22.4 Å². The van der Waals surface area contributed by atoms with E-state index in [1.807, 2.05) is 0 Å². The number of aryl methyl sites for hydroxylation is 1. The summed E-state index contributed by atoms with van der Waals surface area (Å²) in [5, 5.41) is 0. The number of alkyl halides is 6. The predicted molar refractivity (Wildman–Crippen MR) is 89.9 cm³/mol. The number of benzene rings is 2. The molecule has 0 N–H and O–H groups in total. The number of rotatable bonds is 2. The van der Waals surface area contributed by atoms with Crippen LogP contribution in [-0.2, 0) is 12.4 Å². The first-order valence-corrected chi connectivity index (χ1v) is 7.89. The summed E-state index contributed by atoms with van der Waals surface area (Å²) in [6.07, 6.45) is -8.32. The molecule has 0 atom stereocenters. The Morgan fingerprint density at radius 3 is 1.93 bits per heavy atom. The van der Waals surface area contributed by atoms with Crippen LogP contribution in [0, 0.1) is 6.92 Å². The zero-order valence-corrected chi connectivity index (χ0v) is 14.0. The first-order chi connectivity index (χ1) is 12.6. The van der Waals surface area contributed by atoms with E-state index in [-0.39, 0.29) is 22.8 Å². The predicted octanol–water partition coefficient (Wildman–Crippen LogP) is 6.76. The van der Waals surface area contributed by atoms with Crippen molar-refractivity contribution in [1.29, 1.82) is 0 Å². The highest BCUT2D eigenvalue weighted by Gasteiger charge is 2.39. The molecule has 140 valence electrons. The van der Waals surface area contributed by atoms with Crippen LogP contribution in [-0.4, -0.2) is 4.98 Å². The Kier molecular flexibility index (Phi) is 4.71. The third-order valence-electron chi connectivity index (χ3n) is 4.11. The van der Waals surface area contributed by atoms with E-state index >= 15 is 0 Å². The minimum atomic E-state index is -4.95. The van der Waals surface area contributed by atoms with Crippen LogP contribution >= 0.6 is 0 Å². The lowest BCUT2D eigenvalue weighted by molar-refractivity contribution is -0.142. The Morgan fingerprint density at radius 2 is 1.37 bits per heavy atom. The van der Waals surface area contributed by atoms with Crippen LogP contribution in [0.15, 0.2) is 60.8 Å². The molecule has 0 fully saturated rings. The minimum Gasteiger partial charge on any atom is -0.256 e. The molecule has 0 aliphatic rings. The monoisotopic (exact) mass is 381 g/mol. The first-order valence-electron chi connectivity index (χ1n) is 7.89. The Labute approximate surface area is 151 Å². The Morgan fingerprint density at radius 1 is 0.741 bits per heavy atom. The molecule has 7 heteroatoms. The lowest BCUT2D eigenvalue weighted by Crippen LogP contribution is -2.13. The minimum absolute atomic E-state index is 0.111. The molecule has 27 heavy (non-hydrogen) atoms. The molecule has 0 saturated carbocycles. The molecule has 0 saturated heterocycles. The number of hydrogen-bond donors (Lipinski definition) is 0. The molecule has 0 spiro atoms.